The summed E-state index contributed by atoms with van der Waals surface area (Å²) in [7, 11) is 0. The molecule has 4 nitrogen and oxygen atoms in total. The first-order valence-electron chi connectivity index (χ1n) is 7.00. The van der Waals surface area contributed by atoms with Gasteiger partial charge >= 0.3 is 0 Å². The topological polar surface area (TPSA) is 49.2 Å². The van der Waals surface area contributed by atoms with E-state index in [0.29, 0.717) is 5.69 Å². The molecule has 0 atom stereocenters. The van der Waals surface area contributed by atoms with Gasteiger partial charge in [0.2, 0.25) is 0 Å². The molecule has 1 aromatic heterocycles. The van der Waals surface area contributed by atoms with Crippen LogP contribution in [0.1, 0.15) is 12.6 Å². The Morgan fingerprint density at radius 1 is 1.05 bits per heavy atom. The van der Waals surface area contributed by atoms with Gasteiger partial charge < -0.3 is 10.0 Å². The van der Waals surface area contributed by atoms with Crippen molar-refractivity contribution in [2.45, 2.75) is 13.5 Å². The van der Waals surface area contributed by atoms with Crippen molar-refractivity contribution in [3.8, 4) is 0 Å². The maximum atomic E-state index is 9.24. The highest BCUT2D eigenvalue weighted by molar-refractivity contribution is 5.95. The van der Waals surface area contributed by atoms with Gasteiger partial charge in [-0.15, -0.1) is 0 Å². The van der Waals surface area contributed by atoms with Gasteiger partial charge in [0.1, 0.15) is 0 Å². The lowest BCUT2D eigenvalue weighted by Gasteiger charge is -2.23. The van der Waals surface area contributed by atoms with Crippen LogP contribution in [0.4, 0.5) is 11.5 Å². The van der Waals surface area contributed by atoms with Crippen molar-refractivity contribution in [1.29, 1.82) is 0 Å². The zero-order chi connectivity index (χ0) is 14.7. The van der Waals surface area contributed by atoms with Crippen molar-refractivity contribution in [3.63, 3.8) is 0 Å². The molecular formula is C17H17N3O. The van der Waals surface area contributed by atoms with E-state index in [1.165, 1.54) is 10.8 Å². The van der Waals surface area contributed by atoms with E-state index in [2.05, 4.69) is 46.1 Å². The number of hydrogen-bond donors (Lipinski definition) is 1. The lowest BCUT2D eigenvalue weighted by Crippen LogP contribution is -2.18. The first-order chi connectivity index (χ1) is 10.3. The standard InChI is InChI=1S/C17H17N3O/c1-2-20(17-11-18-10-14(12-21)19-17)16-9-5-7-13-6-3-4-8-15(13)16/h3-11,21H,2,12H2,1H3. The third-order valence-corrected chi connectivity index (χ3v) is 3.48. The number of aliphatic hydroxyl groups is 1. The lowest BCUT2D eigenvalue weighted by molar-refractivity contribution is 0.276. The first-order valence-corrected chi connectivity index (χ1v) is 7.00. The highest BCUT2D eigenvalue weighted by Crippen LogP contribution is 2.30. The summed E-state index contributed by atoms with van der Waals surface area (Å²) in [5.74, 6) is 0.750. The van der Waals surface area contributed by atoms with E-state index >= 15 is 0 Å². The van der Waals surface area contributed by atoms with E-state index in [1.54, 1.807) is 12.4 Å². The SMILES string of the molecule is CCN(c1cncc(CO)n1)c1cccc2ccccc12. The first kappa shape index (κ1) is 13.5. The summed E-state index contributed by atoms with van der Waals surface area (Å²) < 4.78 is 0. The number of rotatable bonds is 4. The van der Waals surface area contributed by atoms with Crippen LogP contribution in [-0.2, 0) is 6.61 Å². The van der Waals surface area contributed by atoms with Crippen molar-refractivity contribution in [1.82, 2.24) is 9.97 Å². The fourth-order valence-corrected chi connectivity index (χ4v) is 2.50. The number of aliphatic hydroxyl groups excluding tert-OH is 1. The fourth-order valence-electron chi connectivity index (χ4n) is 2.50. The molecule has 4 heteroatoms. The normalized spacial score (nSPS) is 10.8. The van der Waals surface area contributed by atoms with Gasteiger partial charge in [-0.3, -0.25) is 4.98 Å². The Morgan fingerprint density at radius 3 is 2.67 bits per heavy atom. The van der Waals surface area contributed by atoms with E-state index < -0.39 is 0 Å². The third kappa shape index (κ3) is 2.58. The van der Waals surface area contributed by atoms with Gasteiger partial charge in [-0.2, -0.15) is 0 Å². The Kier molecular flexibility index (Phi) is 3.79. The highest BCUT2D eigenvalue weighted by Gasteiger charge is 2.12. The molecule has 0 saturated heterocycles. The van der Waals surface area contributed by atoms with Gasteiger partial charge in [-0.1, -0.05) is 36.4 Å². The lowest BCUT2D eigenvalue weighted by atomic mass is 10.1. The molecule has 3 rings (SSSR count). The summed E-state index contributed by atoms with van der Waals surface area (Å²) in [5.41, 5.74) is 1.67. The van der Waals surface area contributed by atoms with Crippen LogP contribution in [0.15, 0.2) is 54.9 Å². The van der Waals surface area contributed by atoms with Crippen molar-refractivity contribution in [2.75, 3.05) is 11.4 Å². The van der Waals surface area contributed by atoms with Crippen LogP contribution in [0.2, 0.25) is 0 Å². The van der Waals surface area contributed by atoms with Crippen LogP contribution >= 0.6 is 0 Å². The van der Waals surface area contributed by atoms with E-state index in [9.17, 15) is 5.11 Å². The maximum absolute atomic E-state index is 9.24. The third-order valence-electron chi connectivity index (χ3n) is 3.48. The Bertz CT molecular complexity index is 752. The van der Waals surface area contributed by atoms with Crippen LogP contribution < -0.4 is 4.90 Å². The minimum atomic E-state index is -0.103. The molecule has 3 aromatic rings. The Hall–Kier alpha value is -2.46. The smallest absolute Gasteiger partial charge is 0.151 e. The molecule has 0 unspecified atom stereocenters. The minimum absolute atomic E-state index is 0.103. The van der Waals surface area contributed by atoms with E-state index in [-0.39, 0.29) is 6.61 Å². The molecule has 0 radical (unpaired) electrons. The Labute approximate surface area is 123 Å². The molecule has 0 amide bonds. The maximum Gasteiger partial charge on any atom is 0.151 e. The minimum Gasteiger partial charge on any atom is -0.390 e. The molecular weight excluding hydrogens is 262 g/mol. The molecule has 0 bridgehead atoms. The van der Waals surface area contributed by atoms with Gasteiger partial charge in [0.15, 0.2) is 5.82 Å². The number of nitrogens with zero attached hydrogens (tertiary/aromatic N) is 3. The molecule has 0 aliphatic heterocycles. The monoisotopic (exact) mass is 279 g/mol. The van der Waals surface area contributed by atoms with Gasteiger partial charge in [0.05, 0.1) is 30.4 Å². The number of aromatic nitrogens is 2. The average molecular weight is 279 g/mol. The van der Waals surface area contributed by atoms with E-state index in [1.807, 2.05) is 18.2 Å². The molecule has 0 aliphatic carbocycles. The highest BCUT2D eigenvalue weighted by atomic mass is 16.3. The van der Waals surface area contributed by atoms with Crippen LogP contribution in [0.3, 0.4) is 0 Å². The zero-order valence-corrected chi connectivity index (χ0v) is 11.9. The summed E-state index contributed by atoms with van der Waals surface area (Å²) in [6.45, 7) is 2.75. The quantitative estimate of drug-likeness (QED) is 0.796. The predicted octanol–water partition coefficient (Wildman–Crippen LogP) is 3.28. The predicted molar refractivity (Wildman–Crippen MR) is 84.6 cm³/mol. The number of benzene rings is 2. The number of hydrogen-bond acceptors (Lipinski definition) is 4. The summed E-state index contributed by atoms with van der Waals surface area (Å²) in [4.78, 5) is 10.7. The van der Waals surface area contributed by atoms with Crippen molar-refractivity contribution in [3.05, 3.63) is 60.6 Å². The average Bonchev–Trinajstić information content (AvgIpc) is 2.56. The Morgan fingerprint density at radius 2 is 1.86 bits per heavy atom. The van der Waals surface area contributed by atoms with Gasteiger partial charge in [0, 0.05) is 11.9 Å². The van der Waals surface area contributed by atoms with Crippen LogP contribution in [0.25, 0.3) is 10.8 Å². The Balaban J connectivity index is 2.13. The second-order valence-electron chi connectivity index (χ2n) is 4.77. The molecule has 106 valence electrons. The molecule has 1 heterocycles. The van der Waals surface area contributed by atoms with Crippen LogP contribution in [0, 0.1) is 0 Å². The summed E-state index contributed by atoms with van der Waals surface area (Å²) in [5, 5.41) is 11.6. The van der Waals surface area contributed by atoms with E-state index in [0.717, 1.165) is 18.1 Å². The second kappa shape index (κ2) is 5.89. The van der Waals surface area contributed by atoms with Crippen molar-refractivity contribution < 1.29 is 5.11 Å². The second-order valence-corrected chi connectivity index (χ2v) is 4.77. The summed E-state index contributed by atoms with van der Waals surface area (Å²) in [6, 6.07) is 14.5. The van der Waals surface area contributed by atoms with Gasteiger partial charge in [-0.05, 0) is 18.4 Å². The molecule has 1 N–H and O–H groups in total. The molecule has 0 spiro atoms. The molecule has 0 saturated carbocycles. The van der Waals surface area contributed by atoms with Gasteiger partial charge in [-0.25, -0.2) is 4.98 Å². The van der Waals surface area contributed by atoms with Crippen molar-refractivity contribution in [2.24, 2.45) is 0 Å². The number of anilines is 2. The van der Waals surface area contributed by atoms with Crippen molar-refractivity contribution >= 4 is 22.3 Å². The molecule has 2 aromatic carbocycles. The molecule has 0 aliphatic rings. The van der Waals surface area contributed by atoms with Gasteiger partial charge in [0.25, 0.3) is 0 Å². The molecule has 0 fully saturated rings. The molecule has 21 heavy (non-hydrogen) atoms. The zero-order valence-electron chi connectivity index (χ0n) is 11.9. The largest absolute Gasteiger partial charge is 0.390 e. The fraction of sp³-hybridized carbons (Fsp3) is 0.176. The van der Waals surface area contributed by atoms with Crippen LogP contribution in [-0.4, -0.2) is 21.6 Å². The van der Waals surface area contributed by atoms with Crippen LogP contribution in [0.5, 0.6) is 0 Å². The van der Waals surface area contributed by atoms with E-state index in [4.69, 9.17) is 0 Å². The number of fused-ring (bicyclic) bond motifs is 1. The summed E-state index contributed by atoms with van der Waals surface area (Å²) >= 11 is 0. The summed E-state index contributed by atoms with van der Waals surface area (Å²) in [6.07, 6.45) is 3.31.